The lowest BCUT2D eigenvalue weighted by molar-refractivity contribution is -0.143. The van der Waals surface area contributed by atoms with Gasteiger partial charge in [-0.25, -0.2) is 0 Å². The van der Waals surface area contributed by atoms with Gasteiger partial charge in [-0.3, -0.25) is 14.4 Å². The molecular formula is C17H27N5O. The van der Waals surface area contributed by atoms with Crippen LogP contribution in [0.15, 0.2) is 6.20 Å². The molecule has 0 spiro atoms. The molecule has 1 aromatic heterocycles. The summed E-state index contributed by atoms with van der Waals surface area (Å²) in [6.07, 6.45) is 7.97. The van der Waals surface area contributed by atoms with E-state index in [9.17, 15) is 4.79 Å². The van der Waals surface area contributed by atoms with Crippen molar-refractivity contribution in [3.63, 3.8) is 0 Å². The second-order valence-electron chi connectivity index (χ2n) is 7.37. The maximum atomic E-state index is 12.7. The molecule has 1 aromatic rings. The van der Waals surface area contributed by atoms with E-state index in [2.05, 4.69) is 33.2 Å². The minimum Gasteiger partial charge on any atom is -0.341 e. The summed E-state index contributed by atoms with van der Waals surface area (Å²) < 4.78 is 1.99. The van der Waals surface area contributed by atoms with Gasteiger partial charge in [-0.05, 0) is 44.6 Å². The van der Waals surface area contributed by atoms with E-state index in [1.807, 2.05) is 4.68 Å². The fourth-order valence-corrected chi connectivity index (χ4v) is 3.96. The molecule has 0 N–H and O–H groups in total. The summed E-state index contributed by atoms with van der Waals surface area (Å²) in [6.45, 7) is 6.90. The Morgan fingerprint density at radius 3 is 2.83 bits per heavy atom. The molecule has 6 nitrogen and oxygen atoms in total. The van der Waals surface area contributed by atoms with Gasteiger partial charge in [0.2, 0.25) is 5.91 Å². The van der Waals surface area contributed by atoms with Crippen LogP contribution in [-0.2, 0) is 11.3 Å². The minimum atomic E-state index is 0.145. The number of hydrogen-bond acceptors (Lipinski definition) is 4. The largest absolute Gasteiger partial charge is 0.341 e. The third kappa shape index (κ3) is 3.13. The lowest BCUT2D eigenvalue weighted by atomic mass is 9.95. The van der Waals surface area contributed by atoms with Crippen LogP contribution >= 0.6 is 0 Å². The number of carbonyl (C=O) groups excluding carboxylic acids is 1. The van der Waals surface area contributed by atoms with E-state index < -0.39 is 0 Å². The van der Waals surface area contributed by atoms with Crippen LogP contribution in [0.1, 0.15) is 50.6 Å². The maximum absolute atomic E-state index is 12.7. The number of amides is 1. The van der Waals surface area contributed by atoms with Crippen molar-refractivity contribution in [1.29, 1.82) is 0 Å². The smallest absolute Gasteiger partial charge is 0.239 e. The first-order valence-electron chi connectivity index (χ1n) is 9.17. The molecule has 1 saturated carbocycles. The highest BCUT2D eigenvalue weighted by atomic mass is 16.2. The highest BCUT2D eigenvalue weighted by molar-refractivity contribution is 5.82. The summed E-state index contributed by atoms with van der Waals surface area (Å²) in [5, 5.41) is 8.58. The van der Waals surface area contributed by atoms with Crippen LogP contribution in [0, 0.1) is 5.92 Å². The summed E-state index contributed by atoms with van der Waals surface area (Å²) in [6, 6.07) is 0.145. The zero-order chi connectivity index (χ0) is 15.8. The molecule has 0 bridgehead atoms. The number of nitrogens with zero attached hydrogens (tertiary/aromatic N) is 5. The predicted molar refractivity (Wildman–Crippen MR) is 87.0 cm³/mol. The molecule has 6 heteroatoms. The SMILES string of the molecule is CCN1CCC1C(=O)N1CCCC(Cn2cc(C3CC3)nn2)C1. The summed E-state index contributed by atoms with van der Waals surface area (Å²) in [5.41, 5.74) is 1.15. The monoisotopic (exact) mass is 317 g/mol. The van der Waals surface area contributed by atoms with Gasteiger partial charge in [0.15, 0.2) is 0 Å². The number of aromatic nitrogens is 3. The molecule has 3 aliphatic rings. The molecule has 2 aliphatic heterocycles. The van der Waals surface area contributed by atoms with Crippen molar-refractivity contribution in [3.8, 4) is 0 Å². The fraction of sp³-hybridized carbons (Fsp3) is 0.824. The lowest BCUT2D eigenvalue weighted by Gasteiger charge is -2.43. The van der Waals surface area contributed by atoms with Gasteiger partial charge in [-0.2, -0.15) is 0 Å². The van der Waals surface area contributed by atoms with Crippen LogP contribution in [0.2, 0.25) is 0 Å². The Hall–Kier alpha value is -1.43. The molecule has 126 valence electrons. The van der Waals surface area contributed by atoms with E-state index in [1.165, 1.54) is 19.3 Å². The van der Waals surface area contributed by atoms with Crippen LogP contribution in [0.25, 0.3) is 0 Å². The maximum Gasteiger partial charge on any atom is 0.239 e. The Labute approximate surface area is 137 Å². The second-order valence-corrected chi connectivity index (χ2v) is 7.37. The Balaban J connectivity index is 1.33. The van der Waals surface area contributed by atoms with Crippen molar-refractivity contribution in [3.05, 3.63) is 11.9 Å². The standard InChI is InChI=1S/C17H27N5O/c1-2-20-9-7-16(20)17(23)21-8-3-4-13(10-21)11-22-12-15(18-19-22)14-5-6-14/h12-14,16H,2-11H2,1H3. The zero-order valence-electron chi connectivity index (χ0n) is 14.0. The molecule has 0 aromatic carbocycles. The number of hydrogen-bond donors (Lipinski definition) is 0. The Bertz CT molecular complexity index is 565. The summed E-state index contributed by atoms with van der Waals surface area (Å²) in [4.78, 5) is 17.1. The number of carbonyl (C=O) groups is 1. The van der Waals surface area contributed by atoms with E-state index in [1.54, 1.807) is 0 Å². The molecule has 2 saturated heterocycles. The van der Waals surface area contributed by atoms with E-state index in [0.717, 1.165) is 51.3 Å². The number of rotatable bonds is 5. The Morgan fingerprint density at radius 1 is 1.26 bits per heavy atom. The second kappa shape index (κ2) is 6.23. The summed E-state index contributed by atoms with van der Waals surface area (Å²) >= 11 is 0. The Kier molecular flexibility index (Phi) is 4.09. The van der Waals surface area contributed by atoms with Crippen molar-refractivity contribution in [2.75, 3.05) is 26.2 Å². The minimum absolute atomic E-state index is 0.145. The van der Waals surface area contributed by atoms with Crippen molar-refractivity contribution < 1.29 is 4.79 Å². The highest BCUT2D eigenvalue weighted by Crippen LogP contribution is 2.38. The number of likely N-dealkylation sites (tertiary alicyclic amines) is 2. The van der Waals surface area contributed by atoms with E-state index in [4.69, 9.17) is 0 Å². The fourth-order valence-electron chi connectivity index (χ4n) is 3.96. The molecule has 3 heterocycles. The third-order valence-electron chi connectivity index (χ3n) is 5.65. The average molecular weight is 317 g/mol. The van der Waals surface area contributed by atoms with Gasteiger partial charge in [0, 0.05) is 38.3 Å². The normalized spacial score (nSPS) is 28.7. The van der Waals surface area contributed by atoms with Crippen molar-refractivity contribution in [2.45, 2.75) is 57.5 Å². The first-order valence-corrected chi connectivity index (χ1v) is 9.17. The first-order chi connectivity index (χ1) is 11.2. The first kappa shape index (κ1) is 15.1. The van der Waals surface area contributed by atoms with Gasteiger partial charge >= 0.3 is 0 Å². The molecular weight excluding hydrogens is 290 g/mol. The van der Waals surface area contributed by atoms with E-state index in [0.29, 0.717) is 17.7 Å². The van der Waals surface area contributed by atoms with Crippen molar-refractivity contribution in [1.82, 2.24) is 24.8 Å². The predicted octanol–water partition coefficient (Wildman–Crippen LogP) is 1.49. The van der Waals surface area contributed by atoms with E-state index >= 15 is 0 Å². The van der Waals surface area contributed by atoms with Gasteiger partial charge in [0.25, 0.3) is 0 Å². The number of piperidine rings is 1. The molecule has 2 unspecified atom stereocenters. The van der Waals surface area contributed by atoms with Crippen LogP contribution in [0.3, 0.4) is 0 Å². The van der Waals surface area contributed by atoms with E-state index in [-0.39, 0.29) is 6.04 Å². The molecule has 4 rings (SSSR count). The van der Waals surface area contributed by atoms with Crippen LogP contribution in [-0.4, -0.2) is 62.9 Å². The van der Waals surface area contributed by atoms with Gasteiger partial charge < -0.3 is 4.90 Å². The van der Waals surface area contributed by atoms with Crippen LogP contribution < -0.4 is 0 Å². The molecule has 2 atom stereocenters. The van der Waals surface area contributed by atoms with Crippen LogP contribution in [0.5, 0.6) is 0 Å². The van der Waals surface area contributed by atoms with Gasteiger partial charge in [0.05, 0.1) is 11.7 Å². The molecule has 1 amide bonds. The summed E-state index contributed by atoms with van der Waals surface area (Å²) in [5.74, 6) is 1.52. The third-order valence-corrected chi connectivity index (χ3v) is 5.65. The highest BCUT2D eigenvalue weighted by Gasteiger charge is 2.37. The van der Waals surface area contributed by atoms with Gasteiger partial charge in [-0.1, -0.05) is 12.1 Å². The van der Waals surface area contributed by atoms with Gasteiger partial charge in [0.1, 0.15) is 0 Å². The number of likely N-dealkylation sites (N-methyl/N-ethyl adjacent to an activating group) is 1. The topological polar surface area (TPSA) is 54.3 Å². The van der Waals surface area contributed by atoms with Crippen molar-refractivity contribution in [2.24, 2.45) is 5.92 Å². The molecule has 1 aliphatic carbocycles. The quantitative estimate of drug-likeness (QED) is 0.825. The molecule has 3 fully saturated rings. The summed E-state index contributed by atoms with van der Waals surface area (Å²) in [7, 11) is 0. The molecule has 0 radical (unpaired) electrons. The van der Waals surface area contributed by atoms with Crippen LogP contribution in [0.4, 0.5) is 0 Å². The lowest BCUT2D eigenvalue weighted by Crippen LogP contribution is -2.58. The average Bonchev–Trinajstić information content (AvgIpc) is 3.27. The van der Waals surface area contributed by atoms with Gasteiger partial charge in [-0.15, -0.1) is 5.10 Å². The molecule has 23 heavy (non-hydrogen) atoms. The zero-order valence-corrected chi connectivity index (χ0v) is 14.0. The Morgan fingerprint density at radius 2 is 2.13 bits per heavy atom. The van der Waals surface area contributed by atoms with Crippen molar-refractivity contribution >= 4 is 5.91 Å².